The number of ether oxygens (including phenoxy) is 2. The van der Waals surface area contributed by atoms with Crippen LogP contribution in [0.15, 0.2) is 42.5 Å². The van der Waals surface area contributed by atoms with E-state index >= 15 is 0 Å². The number of hydrogen-bond donors (Lipinski definition) is 1. The fourth-order valence-electron chi connectivity index (χ4n) is 2.33. The first-order valence-corrected chi connectivity index (χ1v) is 7.87. The Bertz CT molecular complexity index is 629. The topological polar surface area (TPSA) is 30.5 Å². The third-order valence-corrected chi connectivity index (χ3v) is 3.40. The molecule has 1 N–H and O–H groups in total. The zero-order valence-electron chi connectivity index (χ0n) is 13.9. The van der Waals surface area contributed by atoms with Gasteiger partial charge >= 0.3 is 0 Å². The predicted octanol–water partition coefficient (Wildman–Crippen LogP) is 3.95. The number of benzene rings is 2. The summed E-state index contributed by atoms with van der Waals surface area (Å²) in [6.07, 6.45) is 0.905. The molecule has 0 atom stereocenters. The van der Waals surface area contributed by atoms with E-state index in [2.05, 4.69) is 5.32 Å². The van der Waals surface area contributed by atoms with Gasteiger partial charge in [-0.2, -0.15) is 0 Å². The second kappa shape index (κ2) is 8.53. The average molecular weight is 317 g/mol. The number of halogens is 1. The van der Waals surface area contributed by atoms with Gasteiger partial charge in [0, 0.05) is 6.54 Å². The standard InChI is InChI=1S/C19H24FNO2/c1-14(2)23-18-8-7-16(12-19(18)22-3)13-21-10-9-15-5-4-6-17(20)11-15/h4-8,11-12,14,21H,9-10,13H2,1-3H3. The molecule has 0 saturated carbocycles. The Balaban J connectivity index is 1.85. The van der Waals surface area contributed by atoms with Gasteiger partial charge in [-0.05, 0) is 62.2 Å². The van der Waals surface area contributed by atoms with E-state index in [4.69, 9.17) is 9.47 Å². The van der Waals surface area contributed by atoms with E-state index in [0.29, 0.717) is 0 Å². The van der Waals surface area contributed by atoms with Gasteiger partial charge in [-0.3, -0.25) is 0 Å². The van der Waals surface area contributed by atoms with Gasteiger partial charge in [0.15, 0.2) is 11.5 Å². The summed E-state index contributed by atoms with van der Waals surface area (Å²) in [4.78, 5) is 0. The highest BCUT2D eigenvalue weighted by molar-refractivity contribution is 5.43. The smallest absolute Gasteiger partial charge is 0.161 e. The van der Waals surface area contributed by atoms with E-state index in [9.17, 15) is 4.39 Å². The summed E-state index contributed by atoms with van der Waals surface area (Å²) in [7, 11) is 1.64. The highest BCUT2D eigenvalue weighted by Gasteiger charge is 2.07. The molecule has 0 aliphatic rings. The van der Waals surface area contributed by atoms with Crippen LogP contribution in [0.1, 0.15) is 25.0 Å². The molecular weight excluding hydrogens is 293 g/mol. The summed E-state index contributed by atoms with van der Waals surface area (Å²) in [6, 6.07) is 12.6. The molecule has 23 heavy (non-hydrogen) atoms. The molecule has 0 spiro atoms. The van der Waals surface area contributed by atoms with Crippen LogP contribution >= 0.6 is 0 Å². The van der Waals surface area contributed by atoms with Crippen LogP contribution < -0.4 is 14.8 Å². The molecule has 0 amide bonds. The van der Waals surface area contributed by atoms with Crippen molar-refractivity contribution in [3.8, 4) is 11.5 Å². The molecule has 2 aromatic rings. The molecule has 0 aliphatic heterocycles. The summed E-state index contributed by atoms with van der Waals surface area (Å²) in [5, 5.41) is 3.36. The average Bonchev–Trinajstić information content (AvgIpc) is 2.52. The fraction of sp³-hybridized carbons (Fsp3) is 0.368. The van der Waals surface area contributed by atoms with Crippen LogP contribution in [0.5, 0.6) is 11.5 Å². The molecule has 2 aromatic carbocycles. The molecular formula is C19H24FNO2. The second-order valence-electron chi connectivity index (χ2n) is 5.71. The van der Waals surface area contributed by atoms with Crippen LogP contribution in [0.2, 0.25) is 0 Å². The maximum atomic E-state index is 13.1. The van der Waals surface area contributed by atoms with Crippen molar-refractivity contribution in [2.75, 3.05) is 13.7 Å². The quantitative estimate of drug-likeness (QED) is 0.748. The van der Waals surface area contributed by atoms with Gasteiger partial charge in [-0.15, -0.1) is 0 Å². The SMILES string of the molecule is COc1cc(CNCCc2cccc(F)c2)ccc1OC(C)C. The lowest BCUT2D eigenvalue weighted by Crippen LogP contribution is -2.17. The number of nitrogens with one attached hydrogen (secondary N) is 1. The molecule has 0 aromatic heterocycles. The normalized spacial score (nSPS) is 10.8. The molecule has 4 heteroatoms. The van der Waals surface area contributed by atoms with E-state index in [1.807, 2.05) is 38.1 Å². The summed E-state index contributed by atoms with van der Waals surface area (Å²) >= 11 is 0. The predicted molar refractivity (Wildman–Crippen MR) is 90.6 cm³/mol. The van der Waals surface area contributed by atoms with Gasteiger partial charge in [0.1, 0.15) is 5.82 Å². The van der Waals surface area contributed by atoms with Gasteiger partial charge in [0.25, 0.3) is 0 Å². The monoisotopic (exact) mass is 317 g/mol. The summed E-state index contributed by atoms with van der Waals surface area (Å²) in [6.45, 7) is 5.49. The third kappa shape index (κ3) is 5.57. The van der Waals surface area contributed by atoms with Crippen molar-refractivity contribution in [1.29, 1.82) is 0 Å². The summed E-state index contributed by atoms with van der Waals surface area (Å²) < 4.78 is 24.2. The van der Waals surface area contributed by atoms with Crippen molar-refractivity contribution in [3.63, 3.8) is 0 Å². The van der Waals surface area contributed by atoms with Gasteiger partial charge in [0.2, 0.25) is 0 Å². The summed E-state index contributed by atoms with van der Waals surface area (Å²) in [5.74, 6) is 1.31. The molecule has 0 radical (unpaired) electrons. The van der Waals surface area contributed by atoms with Gasteiger partial charge in [0.05, 0.1) is 13.2 Å². The van der Waals surface area contributed by atoms with Crippen molar-refractivity contribution >= 4 is 0 Å². The fourth-order valence-corrected chi connectivity index (χ4v) is 2.33. The minimum atomic E-state index is -0.187. The number of methoxy groups -OCH3 is 1. The van der Waals surface area contributed by atoms with Crippen LogP contribution in [0.3, 0.4) is 0 Å². The van der Waals surface area contributed by atoms with E-state index in [1.54, 1.807) is 19.2 Å². The molecule has 124 valence electrons. The molecule has 0 saturated heterocycles. The minimum absolute atomic E-state index is 0.110. The first-order valence-electron chi connectivity index (χ1n) is 7.87. The number of rotatable bonds is 8. The lowest BCUT2D eigenvalue weighted by atomic mass is 10.1. The molecule has 0 unspecified atom stereocenters. The van der Waals surface area contributed by atoms with Gasteiger partial charge in [-0.25, -0.2) is 4.39 Å². The van der Waals surface area contributed by atoms with E-state index in [1.165, 1.54) is 6.07 Å². The highest BCUT2D eigenvalue weighted by Crippen LogP contribution is 2.28. The van der Waals surface area contributed by atoms with E-state index in [0.717, 1.165) is 42.1 Å². The molecule has 2 rings (SSSR count). The molecule has 3 nitrogen and oxygen atoms in total. The van der Waals surface area contributed by atoms with Crippen LogP contribution in [0, 0.1) is 5.82 Å². The highest BCUT2D eigenvalue weighted by atomic mass is 19.1. The zero-order chi connectivity index (χ0) is 16.7. The lowest BCUT2D eigenvalue weighted by molar-refractivity contribution is 0.230. The van der Waals surface area contributed by atoms with Gasteiger partial charge < -0.3 is 14.8 Å². The Kier molecular flexibility index (Phi) is 6.41. The van der Waals surface area contributed by atoms with Gasteiger partial charge in [-0.1, -0.05) is 18.2 Å². The second-order valence-corrected chi connectivity index (χ2v) is 5.71. The Morgan fingerprint density at radius 2 is 1.87 bits per heavy atom. The summed E-state index contributed by atoms with van der Waals surface area (Å²) in [5.41, 5.74) is 2.12. The Morgan fingerprint density at radius 1 is 1.04 bits per heavy atom. The molecule has 0 bridgehead atoms. The van der Waals surface area contributed by atoms with Crippen LogP contribution in [0.25, 0.3) is 0 Å². The molecule has 0 aliphatic carbocycles. The van der Waals surface area contributed by atoms with Crippen LogP contribution in [0.4, 0.5) is 4.39 Å². The Labute approximate surface area is 137 Å². The maximum Gasteiger partial charge on any atom is 0.161 e. The zero-order valence-corrected chi connectivity index (χ0v) is 13.9. The van der Waals surface area contributed by atoms with Crippen molar-refractivity contribution in [2.24, 2.45) is 0 Å². The Morgan fingerprint density at radius 3 is 2.57 bits per heavy atom. The van der Waals surface area contributed by atoms with Crippen molar-refractivity contribution in [1.82, 2.24) is 5.32 Å². The van der Waals surface area contributed by atoms with E-state index < -0.39 is 0 Å². The first kappa shape index (κ1) is 17.3. The third-order valence-electron chi connectivity index (χ3n) is 3.40. The lowest BCUT2D eigenvalue weighted by Gasteiger charge is -2.14. The van der Waals surface area contributed by atoms with Crippen LogP contribution in [-0.2, 0) is 13.0 Å². The van der Waals surface area contributed by atoms with Crippen molar-refractivity contribution < 1.29 is 13.9 Å². The minimum Gasteiger partial charge on any atom is -0.493 e. The molecule has 0 heterocycles. The first-order chi connectivity index (χ1) is 11.1. The largest absolute Gasteiger partial charge is 0.493 e. The van der Waals surface area contributed by atoms with E-state index in [-0.39, 0.29) is 11.9 Å². The maximum absolute atomic E-state index is 13.1. The number of hydrogen-bond acceptors (Lipinski definition) is 3. The van der Waals surface area contributed by atoms with Crippen molar-refractivity contribution in [3.05, 3.63) is 59.4 Å². The molecule has 0 fully saturated rings. The van der Waals surface area contributed by atoms with Crippen molar-refractivity contribution in [2.45, 2.75) is 32.9 Å². The van der Waals surface area contributed by atoms with Crippen LogP contribution in [-0.4, -0.2) is 19.8 Å². The Hall–Kier alpha value is -2.07.